The van der Waals surface area contributed by atoms with Gasteiger partial charge in [0, 0.05) is 10.7 Å². The van der Waals surface area contributed by atoms with Gasteiger partial charge >= 0.3 is 0 Å². The second-order valence-corrected chi connectivity index (χ2v) is 9.29. The van der Waals surface area contributed by atoms with Gasteiger partial charge < -0.3 is 15.4 Å². The number of benzene rings is 2. The summed E-state index contributed by atoms with van der Waals surface area (Å²) in [6.07, 6.45) is 3.53. The van der Waals surface area contributed by atoms with Crippen LogP contribution in [0.4, 0.5) is 5.69 Å². The van der Waals surface area contributed by atoms with E-state index in [2.05, 4.69) is 49.1 Å². The van der Waals surface area contributed by atoms with Gasteiger partial charge in [-0.2, -0.15) is 0 Å². The maximum absolute atomic E-state index is 12.4. The van der Waals surface area contributed by atoms with E-state index < -0.39 is 0 Å². The Morgan fingerprint density at radius 3 is 2.71 bits per heavy atom. The maximum atomic E-state index is 12.4. The zero-order valence-corrected chi connectivity index (χ0v) is 19.6. The maximum Gasteiger partial charge on any atom is 0.260 e. The number of nitrogens with one attached hydrogen (secondary N) is 2. The van der Waals surface area contributed by atoms with Gasteiger partial charge in [-0.3, -0.25) is 4.79 Å². The van der Waals surface area contributed by atoms with Crippen LogP contribution >= 0.6 is 55.2 Å². The first-order valence-electron chi connectivity index (χ1n) is 8.32. The zero-order chi connectivity index (χ0) is 20.3. The van der Waals surface area contributed by atoms with E-state index in [1.54, 1.807) is 6.08 Å². The van der Waals surface area contributed by atoms with Crippen LogP contribution in [0.2, 0.25) is 5.02 Å². The molecule has 1 heterocycles. The molecule has 1 atom stereocenters. The molecule has 28 heavy (non-hydrogen) atoms. The molecule has 0 aromatic heterocycles. The number of aryl methyl sites for hydroxylation is 1. The summed E-state index contributed by atoms with van der Waals surface area (Å²) < 4.78 is 7.22. The highest BCUT2D eigenvalue weighted by atomic mass is 79.9. The van der Waals surface area contributed by atoms with E-state index in [-0.39, 0.29) is 11.4 Å². The molecular formula is C20H17Br2ClN2O2S. The van der Waals surface area contributed by atoms with Gasteiger partial charge in [0.2, 0.25) is 0 Å². The van der Waals surface area contributed by atoms with Crippen molar-refractivity contribution in [2.24, 2.45) is 0 Å². The molecule has 8 heteroatoms. The Balaban J connectivity index is 1.77. The van der Waals surface area contributed by atoms with Gasteiger partial charge in [0.25, 0.3) is 5.91 Å². The normalized spacial score (nSPS) is 17.5. The van der Waals surface area contributed by atoms with Crippen molar-refractivity contribution in [1.82, 2.24) is 5.32 Å². The lowest BCUT2D eigenvalue weighted by molar-refractivity contribution is -0.116. The summed E-state index contributed by atoms with van der Waals surface area (Å²) >= 11 is 14.5. The van der Waals surface area contributed by atoms with Gasteiger partial charge in [0.1, 0.15) is 12.4 Å². The van der Waals surface area contributed by atoms with Gasteiger partial charge in [0.05, 0.1) is 13.9 Å². The van der Waals surface area contributed by atoms with Crippen molar-refractivity contribution >= 4 is 72.9 Å². The number of anilines is 1. The van der Waals surface area contributed by atoms with Crippen molar-refractivity contribution in [2.45, 2.75) is 12.4 Å². The molecule has 4 nitrogen and oxygen atoms in total. The van der Waals surface area contributed by atoms with Crippen LogP contribution in [-0.4, -0.2) is 18.0 Å². The van der Waals surface area contributed by atoms with Crippen molar-refractivity contribution in [3.8, 4) is 5.75 Å². The molecule has 1 saturated heterocycles. The lowest BCUT2D eigenvalue weighted by atomic mass is 10.2. The summed E-state index contributed by atoms with van der Waals surface area (Å²) in [4.78, 5) is 13.0. The minimum atomic E-state index is -0.266. The monoisotopic (exact) mass is 542 g/mol. The molecule has 0 aliphatic carbocycles. The van der Waals surface area contributed by atoms with Crippen LogP contribution in [0.25, 0.3) is 6.08 Å². The van der Waals surface area contributed by atoms with E-state index in [1.165, 1.54) is 11.8 Å². The SMILES string of the molecule is C=CCOc1c(Br)cc(/C=C2\SC(Nc3cc(Cl)ccc3C)NC2=O)cc1Br. The number of carbonyl (C=O) groups is 1. The summed E-state index contributed by atoms with van der Waals surface area (Å²) in [7, 11) is 0. The largest absolute Gasteiger partial charge is 0.487 e. The van der Waals surface area contributed by atoms with Crippen LogP contribution in [0.5, 0.6) is 5.75 Å². The van der Waals surface area contributed by atoms with Crippen molar-refractivity contribution in [1.29, 1.82) is 0 Å². The van der Waals surface area contributed by atoms with Crippen molar-refractivity contribution in [2.75, 3.05) is 11.9 Å². The number of hydrogen-bond donors (Lipinski definition) is 2. The Hall–Kier alpha value is -1.41. The summed E-state index contributed by atoms with van der Waals surface area (Å²) in [5, 5.41) is 6.88. The first kappa shape index (κ1) is 21.3. The summed E-state index contributed by atoms with van der Waals surface area (Å²) in [6.45, 7) is 6.05. The Bertz CT molecular complexity index is 942. The molecule has 1 unspecified atom stereocenters. The van der Waals surface area contributed by atoms with Crippen LogP contribution < -0.4 is 15.4 Å². The summed E-state index contributed by atoms with van der Waals surface area (Å²) in [6, 6.07) is 9.44. The fourth-order valence-corrected chi connectivity index (χ4v) is 5.15. The van der Waals surface area contributed by atoms with Crippen LogP contribution in [0.3, 0.4) is 0 Å². The minimum Gasteiger partial charge on any atom is -0.487 e. The zero-order valence-electron chi connectivity index (χ0n) is 14.9. The third-order valence-corrected chi connectivity index (χ3v) is 6.32. The number of carbonyl (C=O) groups excluding carboxylic acids is 1. The van der Waals surface area contributed by atoms with Crippen LogP contribution in [0, 0.1) is 6.92 Å². The third kappa shape index (κ3) is 5.14. The third-order valence-electron chi connectivity index (χ3n) is 3.88. The highest BCUT2D eigenvalue weighted by Crippen LogP contribution is 2.37. The van der Waals surface area contributed by atoms with Gasteiger partial charge in [0.15, 0.2) is 5.50 Å². The van der Waals surface area contributed by atoms with E-state index in [4.69, 9.17) is 16.3 Å². The molecule has 2 aromatic rings. The van der Waals surface area contributed by atoms with Gasteiger partial charge in [-0.1, -0.05) is 42.1 Å². The second-order valence-electron chi connectivity index (χ2n) is 6.00. The number of hydrogen-bond acceptors (Lipinski definition) is 4. The Kier molecular flexibility index (Phi) is 7.15. The topological polar surface area (TPSA) is 50.4 Å². The number of amides is 1. The standard InChI is InChI=1S/C20H17Br2ClN2O2S/c1-3-6-27-18-14(21)7-12(8-15(18)22)9-17-19(26)25-20(28-17)24-16-10-13(23)5-4-11(16)2/h3-5,7-10,20,24H,1,6H2,2H3,(H,25,26)/b17-9-. The second kappa shape index (κ2) is 9.39. The predicted octanol–water partition coefficient (Wildman–Crippen LogP) is 6.34. The van der Waals surface area contributed by atoms with Crippen LogP contribution in [0.1, 0.15) is 11.1 Å². The van der Waals surface area contributed by atoms with Crippen molar-refractivity contribution < 1.29 is 9.53 Å². The first-order valence-corrected chi connectivity index (χ1v) is 11.2. The lowest BCUT2D eigenvalue weighted by Crippen LogP contribution is -2.31. The van der Waals surface area contributed by atoms with E-state index >= 15 is 0 Å². The summed E-state index contributed by atoms with van der Waals surface area (Å²) in [5.74, 6) is 0.572. The summed E-state index contributed by atoms with van der Waals surface area (Å²) in [5.41, 5.74) is 2.56. The number of ether oxygens (including phenoxy) is 1. The highest BCUT2D eigenvalue weighted by Gasteiger charge is 2.27. The smallest absolute Gasteiger partial charge is 0.260 e. The van der Waals surface area contributed by atoms with Gasteiger partial charge in [-0.25, -0.2) is 0 Å². The van der Waals surface area contributed by atoms with Crippen molar-refractivity contribution in [3.05, 3.63) is 73.0 Å². The van der Waals surface area contributed by atoms with Crippen molar-refractivity contribution in [3.63, 3.8) is 0 Å². The van der Waals surface area contributed by atoms with Crippen LogP contribution in [0.15, 0.2) is 56.8 Å². The highest BCUT2D eigenvalue weighted by molar-refractivity contribution is 9.11. The molecule has 1 fully saturated rings. The quantitative estimate of drug-likeness (QED) is 0.329. The molecule has 0 bridgehead atoms. The molecule has 1 amide bonds. The fourth-order valence-electron chi connectivity index (χ4n) is 2.55. The van der Waals surface area contributed by atoms with E-state index in [0.717, 1.165) is 25.8 Å². The molecule has 2 aromatic carbocycles. The average Bonchev–Trinajstić information content (AvgIpc) is 2.96. The number of thioether (sulfide) groups is 1. The molecule has 1 aliphatic rings. The molecule has 146 valence electrons. The van der Waals surface area contributed by atoms with Gasteiger partial charge in [-0.15, -0.1) is 0 Å². The van der Waals surface area contributed by atoms with E-state index in [1.807, 2.05) is 43.3 Å². The molecule has 0 radical (unpaired) electrons. The van der Waals surface area contributed by atoms with Gasteiger partial charge in [-0.05, 0) is 80.3 Å². The Morgan fingerprint density at radius 2 is 2.04 bits per heavy atom. The average molecular weight is 545 g/mol. The number of halogens is 3. The molecule has 0 spiro atoms. The lowest BCUT2D eigenvalue weighted by Gasteiger charge is -2.15. The molecular weight excluding hydrogens is 528 g/mol. The van der Waals surface area contributed by atoms with E-state index in [9.17, 15) is 4.79 Å². The molecule has 2 N–H and O–H groups in total. The minimum absolute atomic E-state index is 0.124. The number of rotatable bonds is 6. The first-order chi connectivity index (χ1) is 13.4. The molecule has 1 aliphatic heterocycles. The molecule has 0 saturated carbocycles. The molecule has 3 rings (SSSR count). The Morgan fingerprint density at radius 1 is 1.32 bits per heavy atom. The van der Waals surface area contributed by atoms with Crippen LogP contribution in [-0.2, 0) is 4.79 Å². The fraction of sp³-hybridized carbons (Fsp3) is 0.150. The Labute approximate surface area is 190 Å². The predicted molar refractivity (Wildman–Crippen MR) is 125 cm³/mol. The van der Waals surface area contributed by atoms with E-state index in [0.29, 0.717) is 22.3 Å².